The predicted octanol–water partition coefficient (Wildman–Crippen LogP) is 2.52. The second-order valence-corrected chi connectivity index (χ2v) is 6.15. The summed E-state index contributed by atoms with van der Waals surface area (Å²) in [6.45, 7) is -0.476. The van der Waals surface area contributed by atoms with Gasteiger partial charge in [0.1, 0.15) is 5.76 Å². The lowest BCUT2D eigenvalue weighted by Crippen LogP contribution is -2.39. The van der Waals surface area contributed by atoms with Crippen LogP contribution in [0.25, 0.3) is 0 Å². The largest absolute Gasteiger partial charge is 0.467 e. The van der Waals surface area contributed by atoms with Crippen molar-refractivity contribution in [1.82, 2.24) is 10.2 Å². The third-order valence-corrected chi connectivity index (χ3v) is 3.87. The van der Waals surface area contributed by atoms with Crippen molar-refractivity contribution in [2.75, 3.05) is 20.2 Å². The van der Waals surface area contributed by atoms with Gasteiger partial charge in [-0.25, -0.2) is 4.79 Å². The van der Waals surface area contributed by atoms with Gasteiger partial charge in [0.15, 0.2) is 6.61 Å². The number of furan rings is 1. The molecule has 1 N–H and O–H groups in total. The van der Waals surface area contributed by atoms with Gasteiger partial charge in [-0.2, -0.15) is 0 Å². The number of carbonyl (C=O) groups is 3. The van der Waals surface area contributed by atoms with Gasteiger partial charge in [-0.15, -0.1) is 0 Å². The molecule has 0 radical (unpaired) electrons. The number of nitrogens with zero attached hydrogens (tertiary/aromatic N) is 1. The first-order chi connectivity index (χ1) is 12.4. The molecule has 26 heavy (non-hydrogen) atoms. The van der Waals surface area contributed by atoms with E-state index in [2.05, 4.69) is 5.32 Å². The fourth-order valence-corrected chi connectivity index (χ4v) is 2.41. The van der Waals surface area contributed by atoms with E-state index in [1.165, 1.54) is 31.5 Å². The van der Waals surface area contributed by atoms with Crippen LogP contribution < -0.4 is 5.32 Å². The summed E-state index contributed by atoms with van der Waals surface area (Å²) in [5, 5.41) is 3.11. The van der Waals surface area contributed by atoms with E-state index in [9.17, 15) is 14.4 Å². The summed E-state index contributed by atoms with van der Waals surface area (Å²) in [5.41, 5.74) is 0.0997. The molecule has 0 unspecified atom stereocenters. The van der Waals surface area contributed by atoms with E-state index >= 15 is 0 Å². The Labute approximate surface area is 159 Å². The van der Waals surface area contributed by atoms with E-state index in [0.717, 1.165) is 4.90 Å². The molecule has 0 atom stereocenters. The minimum absolute atomic E-state index is 0.0997. The van der Waals surface area contributed by atoms with E-state index in [4.69, 9.17) is 32.4 Å². The number of hydrogen-bond acceptors (Lipinski definition) is 5. The molecule has 1 aromatic heterocycles. The predicted molar refractivity (Wildman–Crippen MR) is 94.9 cm³/mol. The van der Waals surface area contributed by atoms with Crippen LogP contribution in [0, 0.1) is 0 Å². The van der Waals surface area contributed by atoms with Gasteiger partial charge in [0.05, 0.1) is 29.9 Å². The average molecular weight is 399 g/mol. The van der Waals surface area contributed by atoms with Crippen LogP contribution in [-0.4, -0.2) is 42.9 Å². The first-order valence-electron chi connectivity index (χ1n) is 7.52. The standard InChI is InChI=1S/C17H16Cl2N2O5/c1-21(9-15(22)20-8-12-3-2-6-25-12)16(23)10-26-17(24)13-5-4-11(18)7-14(13)19/h2-7H,8-10H2,1H3,(H,20,22). The molecular formula is C17H16Cl2N2O5. The second-order valence-electron chi connectivity index (χ2n) is 5.31. The van der Waals surface area contributed by atoms with Gasteiger partial charge < -0.3 is 19.4 Å². The molecule has 1 heterocycles. The maximum Gasteiger partial charge on any atom is 0.340 e. The van der Waals surface area contributed by atoms with E-state index in [-0.39, 0.29) is 29.6 Å². The van der Waals surface area contributed by atoms with Gasteiger partial charge in [0, 0.05) is 12.1 Å². The summed E-state index contributed by atoms with van der Waals surface area (Å²) in [5.74, 6) is -1.06. The molecule has 2 rings (SSSR count). The molecule has 1 aromatic carbocycles. The average Bonchev–Trinajstić information content (AvgIpc) is 3.11. The monoisotopic (exact) mass is 398 g/mol. The van der Waals surface area contributed by atoms with Crippen LogP contribution in [0.4, 0.5) is 0 Å². The van der Waals surface area contributed by atoms with Gasteiger partial charge >= 0.3 is 5.97 Å². The summed E-state index contributed by atoms with van der Waals surface area (Å²) >= 11 is 11.7. The molecule has 0 saturated heterocycles. The van der Waals surface area contributed by atoms with Crippen LogP contribution in [0.5, 0.6) is 0 Å². The number of likely N-dealkylation sites (N-methyl/N-ethyl adjacent to an activating group) is 1. The minimum atomic E-state index is -0.754. The lowest BCUT2D eigenvalue weighted by molar-refractivity contribution is -0.137. The molecule has 0 bridgehead atoms. The number of nitrogens with one attached hydrogen (secondary N) is 1. The highest BCUT2D eigenvalue weighted by Gasteiger charge is 2.17. The van der Waals surface area contributed by atoms with Gasteiger partial charge in [0.25, 0.3) is 5.91 Å². The number of rotatable bonds is 7. The Morgan fingerprint density at radius 3 is 2.65 bits per heavy atom. The van der Waals surface area contributed by atoms with Crippen LogP contribution in [-0.2, 0) is 20.9 Å². The Balaban J connectivity index is 1.77. The molecule has 7 nitrogen and oxygen atoms in total. The Hall–Kier alpha value is -2.51. The highest BCUT2D eigenvalue weighted by molar-refractivity contribution is 6.36. The SMILES string of the molecule is CN(CC(=O)NCc1ccco1)C(=O)COC(=O)c1ccc(Cl)cc1Cl. The number of hydrogen-bond donors (Lipinski definition) is 1. The quantitative estimate of drug-likeness (QED) is 0.723. The molecule has 0 aliphatic carbocycles. The zero-order valence-electron chi connectivity index (χ0n) is 13.8. The van der Waals surface area contributed by atoms with Gasteiger partial charge in [-0.05, 0) is 30.3 Å². The molecular weight excluding hydrogens is 383 g/mol. The van der Waals surface area contributed by atoms with Crippen molar-refractivity contribution >= 4 is 41.0 Å². The Morgan fingerprint density at radius 1 is 1.23 bits per heavy atom. The van der Waals surface area contributed by atoms with Crippen molar-refractivity contribution in [2.45, 2.75) is 6.54 Å². The summed E-state index contributed by atoms with van der Waals surface area (Å²) in [6, 6.07) is 7.72. The fourth-order valence-electron chi connectivity index (χ4n) is 1.93. The molecule has 9 heteroatoms. The van der Waals surface area contributed by atoms with Crippen molar-refractivity contribution in [3.63, 3.8) is 0 Å². The zero-order chi connectivity index (χ0) is 19.1. The molecule has 2 aromatic rings. The normalized spacial score (nSPS) is 10.3. The summed E-state index contributed by atoms with van der Waals surface area (Å²) in [7, 11) is 1.43. The van der Waals surface area contributed by atoms with E-state index in [0.29, 0.717) is 10.8 Å². The van der Waals surface area contributed by atoms with Crippen molar-refractivity contribution in [2.24, 2.45) is 0 Å². The van der Waals surface area contributed by atoms with E-state index in [1.54, 1.807) is 12.1 Å². The molecule has 0 spiro atoms. The van der Waals surface area contributed by atoms with E-state index in [1.807, 2.05) is 0 Å². The van der Waals surface area contributed by atoms with Crippen molar-refractivity contribution < 1.29 is 23.5 Å². The number of halogens is 2. The number of carbonyl (C=O) groups excluding carboxylic acids is 3. The number of esters is 1. The van der Waals surface area contributed by atoms with Crippen molar-refractivity contribution in [1.29, 1.82) is 0 Å². The van der Waals surface area contributed by atoms with Crippen LogP contribution in [0.15, 0.2) is 41.0 Å². The maximum absolute atomic E-state index is 12.0. The van der Waals surface area contributed by atoms with Crippen LogP contribution in [0.1, 0.15) is 16.1 Å². The lowest BCUT2D eigenvalue weighted by atomic mass is 10.2. The molecule has 138 valence electrons. The maximum atomic E-state index is 12.0. The number of benzene rings is 1. The third-order valence-electron chi connectivity index (χ3n) is 3.32. The highest BCUT2D eigenvalue weighted by atomic mass is 35.5. The third kappa shape index (κ3) is 5.79. The summed E-state index contributed by atoms with van der Waals surface area (Å²) < 4.78 is 10.0. The smallest absolute Gasteiger partial charge is 0.340 e. The zero-order valence-corrected chi connectivity index (χ0v) is 15.3. The number of amides is 2. The van der Waals surface area contributed by atoms with Gasteiger partial charge in [0.2, 0.25) is 5.91 Å². The second kappa shape index (κ2) is 9.26. The molecule has 0 saturated carbocycles. The number of ether oxygens (including phenoxy) is 1. The topological polar surface area (TPSA) is 88.8 Å². The fraction of sp³-hybridized carbons (Fsp3) is 0.235. The van der Waals surface area contributed by atoms with Crippen LogP contribution >= 0.6 is 23.2 Å². The van der Waals surface area contributed by atoms with Gasteiger partial charge in [-0.1, -0.05) is 23.2 Å². The summed E-state index contributed by atoms with van der Waals surface area (Å²) in [4.78, 5) is 36.9. The molecule has 0 aliphatic heterocycles. The van der Waals surface area contributed by atoms with Crippen LogP contribution in [0.3, 0.4) is 0 Å². The van der Waals surface area contributed by atoms with Crippen molar-refractivity contribution in [3.8, 4) is 0 Å². The van der Waals surface area contributed by atoms with E-state index < -0.39 is 18.5 Å². The lowest BCUT2D eigenvalue weighted by Gasteiger charge is -2.16. The Kier molecular flexibility index (Phi) is 7.06. The molecule has 0 fully saturated rings. The first-order valence-corrected chi connectivity index (χ1v) is 8.27. The Bertz CT molecular complexity index is 792. The summed E-state index contributed by atoms with van der Waals surface area (Å²) in [6.07, 6.45) is 1.50. The van der Waals surface area contributed by atoms with Gasteiger partial charge in [-0.3, -0.25) is 9.59 Å². The minimum Gasteiger partial charge on any atom is -0.467 e. The Morgan fingerprint density at radius 2 is 2.00 bits per heavy atom. The van der Waals surface area contributed by atoms with Crippen LogP contribution in [0.2, 0.25) is 10.0 Å². The highest BCUT2D eigenvalue weighted by Crippen LogP contribution is 2.21. The molecule has 0 aliphatic rings. The van der Waals surface area contributed by atoms with Crippen molar-refractivity contribution in [3.05, 3.63) is 58.0 Å². The first kappa shape index (κ1) is 19.8. The molecule has 2 amide bonds.